The summed E-state index contributed by atoms with van der Waals surface area (Å²) in [5.74, 6) is 1.57. The second-order valence-electron chi connectivity index (χ2n) is 7.00. The van der Waals surface area contributed by atoms with Crippen LogP contribution >= 0.6 is 0 Å². The molecule has 2 aromatic heterocycles. The van der Waals surface area contributed by atoms with Crippen LogP contribution < -0.4 is 15.0 Å². The summed E-state index contributed by atoms with van der Waals surface area (Å²) < 4.78 is 10.4. The number of piperidine rings is 1. The number of aryl methyl sites for hydroxylation is 1. The van der Waals surface area contributed by atoms with Gasteiger partial charge in [-0.1, -0.05) is 17.3 Å². The van der Waals surface area contributed by atoms with Gasteiger partial charge in [-0.3, -0.25) is 4.79 Å². The molecule has 1 atom stereocenters. The molecule has 0 radical (unpaired) electrons. The van der Waals surface area contributed by atoms with Crippen molar-refractivity contribution in [3.63, 3.8) is 0 Å². The van der Waals surface area contributed by atoms with Crippen LogP contribution in [0.3, 0.4) is 0 Å². The number of nitrogens with zero attached hydrogens (tertiary/aromatic N) is 4. The lowest BCUT2D eigenvalue weighted by molar-refractivity contribution is -0.125. The Morgan fingerprint density at radius 1 is 1.32 bits per heavy atom. The van der Waals surface area contributed by atoms with Gasteiger partial charge in [-0.05, 0) is 37.5 Å². The van der Waals surface area contributed by atoms with Gasteiger partial charge in [-0.2, -0.15) is 4.98 Å². The van der Waals surface area contributed by atoms with Crippen molar-refractivity contribution in [3.05, 3.63) is 41.9 Å². The lowest BCUT2D eigenvalue weighted by atomic mass is 9.96. The standard InChI is InChI=1S/C20H23N5O3/c1-13-17-18(22-12-23-20(17)28-24-13)25-9-3-4-15(11-25)19(26)21-10-14-5-7-16(27-2)8-6-14/h5-8,12,15H,3-4,9-11H2,1-2H3,(H,21,26)/t15-/m0/s1. The van der Waals surface area contributed by atoms with Gasteiger partial charge in [0.15, 0.2) is 0 Å². The van der Waals surface area contributed by atoms with Gasteiger partial charge in [0, 0.05) is 19.6 Å². The molecular formula is C20H23N5O3. The van der Waals surface area contributed by atoms with Crippen LogP contribution in [0.15, 0.2) is 35.1 Å². The molecule has 1 aromatic carbocycles. The van der Waals surface area contributed by atoms with E-state index in [1.807, 2.05) is 31.2 Å². The average molecular weight is 381 g/mol. The Morgan fingerprint density at radius 3 is 2.93 bits per heavy atom. The van der Waals surface area contributed by atoms with Gasteiger partial charge in [-0.15, -0.1) is 0 Å². The second-order valence-corrected chi connectivity index (χ2v) is 7.00. The molecule has 3 aromatic rings. The molecule has 1 fully saturated rings. The third-order valence-electron chi connectivity index (χ3n) is 5.14. The highest BCUT2D eigenvalue weighted by molar-refractivity contribution is 5.88. The van der Waals surface area contributed by atoms with Crippen molar-refractivity contribution < 1.29 is 14.1 Å². The van der Waals surface area contributed by atoms with Crippen LogP contribution in [0.25, 0.3) is 11.1 Å². The number of ether oxygens (including phenoxy) is 1. The zero-order valence-electron chi connectivity index (χ0n) is 16.0. The van der Waals surface area contributed by atoms with Gasteiger partial charge < -0.3 is 19.5 Å². The molecule has 8 nitrogen and oxygen atoms in total. The number of benzene rings is 1. The van der Waals surface area contributed by atoms with E-state index in [1.165, 1.54) is 6.33 Å². The molecule has 0 aliphatic carbocycles. The summed E-state index contributed by atoms with van der Waals surface area (Å²) in [4.78, 5) is 23.4. The Labute approximate surface area is 162 Å². The highest BCUT2D eigenvalue weighted by Gasteiger charge is 2.28. The van der Waals surface area contributed by atoms with Crippen LogP contribution in [0.2, 0.25) is 0 Å². The number of amides is 1. The first-order chi connectivity index (χ1) is 13.7. The van der Waals surface area contributed by atoms with Gasteiger partial charge in [0.25, 0.3) is 5.71 Å². The van der Waals surface area contributed by atoms with Crippen molar-refractivity contribution >= 4 is 22.8 Å². The summed E-state index contributed by atoms with van der Waals surface area (Å²) in [5, 5.41) is 7.86. The molecule has 0 unspecified atom stereocenters. The minimum absolute atomic E-state index is 0.0628. The fourth-order valence-corrected chi connectivity index (χ4v) is 3.60. The fourth-order valence-electron chi connectivity index (χ4n) is 3.60. The number of carbonyl (C=O) groups is 1. The summed E-state index contributed by atoms with van der Waals surface area (Å²) in [6, 6.07) is 7.70. The summed E-state index contributed by atoms with van der Waals surface area (Å²) in [6.07, 6.45) is 3.27. The minimum atomic E-state index is -0.0859. The van der Waals surface area contributed by atoms with Gasteiger partial charge in [0.1, 0.15) is 23.3 Å². The topological polar surface area (TPSA) is 93.4 Å². The Bertz CT molecular complexity index is 970. The zero-order valence-corrected chi connectivity index (χ0v) is 16.0. The molecule has 146 valence electrons. The predicted molar refractivity (Wildman–Crippen MR) is 104 cm³/mol. The van der Waals surface area contributed by atoms with Crippen LogP contribution in [0.1, 0.15) is 24.1 Å². The van der Waals surface area contributed by atoms with Crippen molar-refractivity contribution in [2.45, 2.75) is 26.3 Å². The molecule has 3 heterocycles. The Morgan fingerprint density at radius 2 is 2.14 bits per heavy atom. The Balaban J connectivity index is 1.42. The summed E-state index contributed by atoms with van der Waals surface area (Å²) in [5.41, 5.74) is 2.28. The summed E-state index contributed by atoms with van der Waals surface area (Å²) in [6.45, 7) is 3.84. The molecule has 0 spiro atoms. The number of aromatic nitrogens is 3. The van der Waals surface area contributed by atoms with Crippen LogP contribution in [0, 0.1) is 12.8 Å². The van der Waals surface area contributed by atoms with Gasteiger partial charge >= 0.3 is 0 Å². The van der Waals surface area contributed by atoms with E-state index < -0.39 is 0 Å². The summed E-state index contributed by atoms with van der Waals surface area (Å²) >= 11 is 0. The van der Waals surface area contributed by atoms with Crippen molar-refractivity contribution in [2.24, 2.45) is 5.92 Å². The van der Waals surface area contributed by atoms with Crippen LogP contribution in [-0.4, -0.2) is 41.2 Å². The average Bonchev–Trinajstić information content (AvgIpc) is 3.13. The Hall–Kier alpha value is -3.16. The van der Waals surface area contributed by atoms with Crippen LogP contribution in [-0.2, 0) is 11.3 Å². The molecule has 0 bridgehead atoms. The van der Waals surface area contributed by atoms with Crippen molar-refractivity contribution in [1.82, 2.24) is 20.4 Å². The maximum atomic E-state index is 12.7. The first kappa shape index (κ1) is 18.2. The number of carbonyl (C=O) groups excluding carboxylic acids is 1. The molecule has 4 rings (SSSR count). The number of anilines is 1. The molecule has 1 aliphatic heterocycles. The van der Waals surface area contributed by atoms with E-state index in [9.17, 15) is 4.79 Å². The molecule has 1 N–H and O–H groups in total. The molecule has 8 heteroatoms. The predicted octanol–water partition coefficient (Wildman–Crippen LogP) is 2.47. The molecule has 1 aliphatic rings. The molecule has 28 heavy (non-hydrogen) atoms. The molecule has 1 saturated heterocycles. The smallest absolute Gasteiger partial charge is 0.263 e. The third kappa shape index (κ3) is 3.62. The molecule has 0 saturated carbocycles. The van der Waals surface area contributed by atoms with E-state index in [2.05, 4.69) is 25.3 Å². The highest BCUT2D eigenvalue weighted by Crippen LogP contribution is 2.29. The van der Waals surface area contributed by atoms with E-state index in [0.29, 0.717) is 18.8 Å². The summed E-state index contributed by atoms with van der Waals surface area (Å²) in [7, 11) is 1.64. The first-order valence-electron chi connectivity index (χ1n) is 9.38. The van der Waals surface area contributed by atoms with E-state index >= 15 is 0 Å². The van der Waals surface area contributed by atoms with Crippen molar-refractivity contribution in [2.75, 3.05) is 25.1 Å². The van der Waals surface area contributed by atoms with E-state index in [-0.39, 0.29) is 11.8 Å². The normalized spacial score (nSPS) is 16.9. The lowest BCUT2D eigenvalue weighted by Crippen LogP contribution is -2.43. The first-order valence-corrected chi connectivity index (χ1v) is 9.38. The number of hydrogen-bond donors (Lipinski definition) is 1. The van der Waals surface area contributed by atoms with Gasteiger partial charge in [0.2, 0.25) is 5.91 Å². The van der Waals surface area contributed by atoms with E-state index in [0.717, 1.165) is 47.6 Å². The monoisotopic (exact) mass is 381 g/mol. The number of nitrogens with one attached hydrogen (secondary N) is 1. The highest BCUT2D eigenvalue weighted by atomic mass is 16.5. The SMILES string of the molecule is COc1ccc(CNC(=O)[C@H]2CCCN(c3ncnc4onc(C)c34)C2)cc1. The number of rotatable bonds is 5. The number of hydrogen-bond acceptors (Lipinski definition) is 7. The quantitative estimate of drug-likeness (QED) is 0.725. The maximum absolute atomic E-state index is 12.7. The molecule has 1 amide bonds. The number of methoxy groups -OCH3 is 1. The van der Waals surface area contributed by atoms with E-state index in [1.54, 1.807) is 7.11 Å². The van der Waals surface area contributed by atoms with Gasteiger partial charge in [0.05, 0.1) is 18.7 Å². The van der Waals surface area contributed by atoms with Gasteiger partial charge in [-0.25, -0.2) is 4.98 Å². The minimum Gasteiger partial charge on any atom is -0.497 e. The second kappa shape index (κ2) is 7.84. The third-order valence-corrected chi connectivity index (χ3v) is 5.14. The Kier molecular flexibility index (Phi) is 5.10. The van der Waals surface area contributed by atoms with E-state index in [4.69, 9.17) is 9.26 Å². The molecular weight excluding hydrogens is 358 g/mol. The number of fused-ring (bicyclic) bond motifs is 1. The fraction of sp³-hybridized carbons (Fsp3) is 0.400. The largest absolute Gasteiger partial charge is 0.497 e. The zero-order chi connectivity index (χ0) is 19.5. The lowest BCUT2D eigenvalue weighted by Gasteiger charge is -2.33. The van der Waals surface area contributed by atoms with Crippen molar-refractivity contribution in [1.29, 1.82) is 0 Å². The van der Waals surface area contributed by atoms with Crippen molar-refractivity contribution in [3.8, 4) is 5.75 Å². The van der Waals surface area contributed by atoms with Crippen LogP contribution in [0.5, 0.6) is 5.75 Å². The maximum Gasteiger partial charge on any atom is 0.263 e. The van der Waals surface area contributed by atoms with Crippen LogP contribution in [0.4, 0.5) is 5.82 Å².